The molecule has 3 nitrogen and oxygen atoms in total. The minimum absolute atomic E-state index is 0.113. The van der Waals surface area contributed by atoms with Gasteiger partial charge in [0.1, 0.15) is 0 Å². The van der Waals surface area contributed by atoms with Gasteiger partial charge in [-0.05, 0) is 24.5 Å². The average Bonchev–Trinajstić information content (AvgIpc) is 3.04. The number of hydrogen-bond acceptors (Lipinski definition) is 3. The van der Waals surface area contributed by atoms with E-state index in [1.165, 1.54) is 10.5 Å². The molecule has 0 radical (unpaired) electrons. The Morgan fingerprint density at radius 3 is 3.11 bits per heavy atom. The van der Waals surface area contributed by atoms with Gasteiger partial charge in [0.15, 0.2) is 0 Å². The third-order valence-electron chi connectivity index (χ3n) is 3.63. The molecule has 0 fully saturated rings. The molecule has 2 atom stereocenters. The summed E-state index contributed by atoms with van der Waals surface area (Å²) in [6, 6.07) is 8.78. The Kier molecular flexibility index (Phi) is 3.62. The highest BCUT2D eigenvalue weighted by molar-refractivity contribution is 8.00. The molecule has 0 spiro atoms. The maximum atomic E-state index is 6.03. The van der Waals surface area contributed by atoms with E-state index in [2.05, 4.69) is 42.5 Å². The number of hydrogen-bond donors (Lipinski definition) is 1. The fourth-order valence-corrected chi connectivity index (χ4v) is 3.78. The standard InChI is InChI=1S/C15H19N3S/c1-2-14(16)12-8-17-18(9-12)10-13-7-11-5-3-4-6-15(11)19-13/h3-6,8-9,13-14H,2,7,10,16H2,1H3. The van der Waals surface area contributed by atoms with Crippen molar-refractivity contribution in [3.05, 3.63) is 47.8 Å². The predicted molar refractivity (Wildman–Crippen MR) is 79.2 cm³/mol. The monoisotopic (exact) mass is 273 g/mol. The summed E-state index contributed by atoms with van der Waals surface area (Å²) in [5.74, 6) is 0. The summed E-state index contributed by atoms with van der Waals surface area (Å²) in [7, 11) is 0. The molecule has 1 aromatic heterocycles. The van der Waals surface area contributed by atoms with Gasteiger partial charge in [0.05, 0.1) is 12.7 Å². The lowest BCUT2D eigenvalue weighted by Crippen LogP contribution is -2.13. The van der Waals surface area contributed by atoms with Gasteiger partial charge in [-0.1, -0.05) is 25.1 Å². The van der Waals surface area contributed by atoms with Crippen LogP contribution in [0.4, 0.5) is 0 Å². The van der Waals surface area contributed by atoms with E-state index < -0.39 is 0 Å². The van der Waals surface area contributed by atoms with Crippen LogP contribution >= 0.6 is 11.8 Å². The van der Waals surface area contributed by atoms with E-state index in [1.807, 2.05) is 22.6 Å². The Hall–Kier alpha value is -1.26. The highest BCUT2D eigenvalue weighted by Gasteiger charge is 2.22. The fraction of sp³-hybridized carbons (Fsp3) is 0.400. The molecule has 19 heavy (non-hydrogen) atoms. The number of aromatic nitrogens is 2. The van der Waals surface area contributed by atoms with Crippen molar-refractivity contribution in [2.24, 2.45) is 5.73 Å². The number of thioether (sulfide) groups is 1. The Bertz CT molecular complexity index is 539. The van der Waals surface area contributed by atoms with Gasteiger partial charge in [0.25, 0.3) is 0 Å². The maximum absolute atomic E-state index is 6.03. The van der Waals surface area contributed by atoms with Crippen molar-refractivity contribution in [1.82, 2.24) is 9.78 Å². The van der Waals surface area contributed by atoms with Gasteiger partial charge in [-0.3, -0.25) is 4.68 Å². The Labute approximate surface area is 118 Å². The van der Waals surface area contributed by atoms with Crippen LogP contribution in [0, 0.1) is 0 Å². The lowest BCUT2D eigenvalue weighted by Gasteiger charge is -2.08. The van der Waals surface area contributed by atoms with Crippen LogP contribution in [0.2, 0.25) is 0 Å². The molecule has 0 saturated carbocycles. The molecule has 3 rings (SSSR count). The molecule has 4 heteroatoms. The quantitative estimate of drug-likeness (QED) is 0.931. The first kappa shape index (κ1) is 12.8. The minimum atomic E-state index is 0.113. The van der Waals surface area contributed by atoms with Gasteiger partial charge in [0.2, 0.25) is 0 Å². The summed E-state index contributed by atoms with van der Waals surface area (Å²) in [5, 5.41) is 5.02. The smallest absolute Gasteiger partial charge is 0.0537 e. The first-order chi connectivity index (χ1) is 9.26. The Balaban J connectivity index is 1.66. The van der Waals surface area contributed by atoms with Crippen LogP contribution in [-0.2, 0) is 13.0 Å². The average molecular weight is 273 g/mol. The fourth-order valence-electron chi connectivity index (χ4n) is 2.47. The van der Waals surface area contributed by atoms with E-state index in [0.717, 1.165) is 24.9 Å². The van der Waals surface area contributed by atoms with Crippen molar-refractivity contribution in [3.63, 3.8) is 0 Å². The van der Waals surface area contributed by atoms with Gasteiger partial charge >= 0.3 is 0 Å². The van der Waals surface area contributed by atoms with E-state index >= 15 is 0 Å². The summed E-state index contributed by atoms with van der Waals surface area (Å²) in [6.45, 7) is 3.06. The third-order valence-corrected chi connectivity index (χ3v) is 4.93. The highest BCUT2D eigenvalue weighted by Crippen LogP contribution is 2.37. The normalized spacial score (nSPS) is 19.4. The van der Waals surface area contributed by atoms with Crippen molar-refractivity contribution in [2.45, 2.75) is 42.5 Å². The van der Waals surface area contributed by atoms with Gasteiger partial charge in [-0.2, -0.15) is 5.10 Å². The van der Waals surface area contributed by atoms with Crippen LogP contribution in [0.25, 0.3) is 0 Å². The minimum Gasteiger partial charge on any atom is -0.324 e. The first-order valence-electron chi connectivity index (χ1n) is 6.78. The molecule has 0 aliphatic carbocycles. The van der Waals surface area contributed by atoms with Crippen LogP contribution in [0.15, 0.2) is 41.6 Å². The molecule has 1 aliphatic rings. The second-order valence-corrected chi connectivity index (χ2v) is 6.40. The van der Waals surface area contributed by atoms with Crippen LogP contribution in [0.5, 0.6) is 0 Å². The highest BCUT2D eigenvalue weighted by atomic mass is 32.2. The first-order valence-corrected chi connectivity index (χ1v) is 7.66. The molecule has 1 aliphatic heterocycles. The van der Waals surface area contributed by atoms with Gasteiger partial charge in [0, 0.05) is 27.9 Å². The molecule has 1 aromatic carbocycles. The van der Waals surface area contributed by atoms with Crippen LogP contribution < -0.4 is 5.73 Å². The second kappa shape index (κ2) is 5.39. The molecule has 2 N–H and O–H groups in total. The number of benzene rings is 1. The summed E-state index contributed by atoms with van der Waals surface area (Å²) < 4.78 is 2.04. The molecule has 0 amide bonds. The lowest BCUT2D eigenvalue weighted by atomic mass is 10.1. The zero-order chi connectivity index (χ0) is 13.2. The van der Waals surface area contributed by atoms with Gasteiger partial charge in [-0.25, -0.2) is 0 Å². The summed E-state index contributed by atoms with van der Waals surface area (Å²) in [4.78, 5) is 1.42. The molecule has 2 unspecified atom stereocenters. The Morgan fingerprint density at radius 2 is 2.32 bits per heavy atom. The lowest BCUT2D eigenvalue weighted by molar-refractivity contribution is 0.593. The summed E-state index contributed by atoms with van der Waals surface area (Å²) >= 11 is 1.96. The van der Waals surface area contributed by atoms with Gasteiger partial charge in [-0.15, -0.1) is 11.8 Å². The van der Waals surface area contributed by atoms with Crippen molar-refractivity contribution in [3.8, 4) is 0 Å². The third kappa shape index (κ3) is 2.69. The van der Waals surface area contributed by atoms with Crippen LogP contribution in [-0.4, -0.2) is 15.0 Å². The second-order valence-electron chi connectivity index (χ2n) is 5.06. The van der Waals surface area contributed by atoms with E-state index in [4.69, 9.17) is 5.73 Å². The summed E-state index contributed by atoms with van der Waals surface area (Å²) in [5.41, 5.74) is 8.64. The zero-order valence-corrected chi connectivity index (χ0v) is 11.9. The van der Waals surface area contributed by atoms with E-state index in [-0.39, 0.29) is 6.04 Å². The van der Waals surface area contributed by atoms with Crippen molar-refractivity contribution < 1.29 is 0 Å². The Morgan fingerprint density at radius 1 is 1.47 bits per heavy atom. The van der Waals surface area contributed by atoms with E-state index in [1.54, 1.807) is 0 Å². The van der Waals surface area contributed by atoms with Crippen molar-refractivity contribution >= 4 is 11.8 Å². The molecule has 2 heterocycles. The van der Waals surface area contributed by atoms with Gasteiger partial charge < -0.3 is 5.73 Å². The largest absolute Gasteiger partial charge is 0.324 e. The molecule has 2 aromatic rings. The maximum Gasteiger partial charge on any atom is 0.0537 e. The topological polar surface area (TPSA) is 43.8 Å². The van der Waals surface area contributed by atoms with Crippen molar-refractivity contribution in [2.75, 3.05) is 0 Å². The molecule has 0 saturated heterocycles. The molecular formula is C15H19N3S. The van der Waals surface area contributed by atoms with Crippen LogP contribution in [0.3, 0.4) is 0 Å². The number of fused-ring (bicyclic) bond motifs is 1. The zero-order valence-electron chi connectivity index (χ0n) is 11.1. The predicted octanol–water partition coefficient (Wildman–Crippen LogP) is 3.01. The number of nitrogens with zero attached hydrogens (tertiary/aromatic N) is 2. The van der Waals surface area contributed by atoms with E-state index in [0.29, 0.717) is 5.25 Å². The van der Waals surface area contributed by atoms with E-state index in [9.17, 15) is 0 Å². The van der Waals surface area contributed by atoms with Crippen LogP contribution in [0.1, 0.15) is 30.5 Å². The number of rotatable bonds is 4. The molecular weight excluding hydrogens is 254 g/mol. The van der Waals surface area contributed by atoms with Crippen molar-refractivity contribution in [1.29, 1.82) is 0 Å². The SMILES string of the molecule is CCC(N)c1cnn(CC2Cc3ccccc3S2)c1. The number of nitrogens with two attached hydrogens (primary N) is 1. The summed E-state index contributed by atoms with van der Waals surface area (Å²) in [6.07, 6.45) is 6.09. The molecule has 0 bridgehead atoms. The molecule has 100 valence electrons.